The Morgan fingerprint density at radius 3 is 2.29 bits per heavy atom. The van der Waals surface area contributed by atoms with Gasteiger partial charge in [0.2, 0.25) is 0 Å². The number of nitrogens with zero attached hydrogens (tertiary/aromatic N) is 2. The molecule has 0 atom stereocenters. The standard InChI is InChI=1S/C26H23N3O3S.ClH/c27-25(24-7-4-18-33-24)28-21-10-8-19(9-11-21)16-17-29(26(31)20-5-2-1-3-6-20)32-23-14-12-22(30)13-15-23;/h1-15,18,30H,16-17H2,(H2,27,28);1H. The number of hydrogen-bond donors (Lipinski definition) is 2. The molecular weight excluding hydrogens is 470 g/mol. The van der Waals surface area contributed by atoms with Crippen molar-refractivity contribution in [1.29, 1.82) is 0 Å². The van der Waals surface area contributed by atoms with Crippen molar-refractivity contribution in [1.82, 2.24) is 5.06 Å². The van der Waals surface area contributed by atoms with Gasteiger partial charge in [-0.1, -0.05) is 36.4 Å². The van der Waals surface area contributed by atoms with Crippen molar-refractivity contribution >= 4 is 41.2 Å². The minimum atomic E-state index is -0.242. The topological polar surface area (TPSA) is 88.2 Å². The zero-order valence-corrected chi connectivity index (χ0v) is 19.8. The molecule has 0 saturated heterocycles. The molecule has 0 unspecified atom stereocenters. The molecule has 6 nitrogen and oxygen atoms in total. The van der Waals surface area contributed by atoms with Gasteiger partial charge in [0.15, 0.2) is 5.75 Å². The fourth-order valence-electron chi connectivity index (χ4n) is 3.13. The van der Waals surface area contributed by atoms with Crippen molar-refractivity contribution in [3.63, 3.8) is 0 Å². The number of rotatable bonds is 8. The Labute approximate surface area is 208 Å². The summed E-state index contributed by atoms with van der Waals surface area (Å²) in [5, 5.41) is 12.8. The number of nitrogens with two attached hydrogens (primary N) is 1. The van der Waals surface area contributed by atoms with Crippen LogP contribution < -0.4 is 10.6 Å². The highest BCUT2D eigenvalue weighted by Crippen LogP contribution is 2.20. The largest absolute Gasteiger partial charge is 0.508 e. The van der Waals surface area contributed by atoms with E-state index in [2.05, 4.69) is 4.99 Å². The molecule has 1 amide bonds. The molecule has 0 radical (unpaired) electrons. The number of amides is 1. The minimum absolute atomic E-state index is 0. The van der Waals surface area contributed by atoms with Crippen molar-refractivity contribution in [2.45, 2.75) is 6.42 Å². The van der Waals surface area contributed by atoms with E-state index in [9.17, 15) is 9.90 Å². The fourth-order valence-corrected chi connectivity index (χ4v) is 3.76. The summed E-state index contributed by atoms with van der Waals surface area (Å²) in [7, 11) is 0. The van der Waals surface area contributed by atoms with Gasteiger partial charge in [-0.2, -0.15) is 5.06 Å². The van der Waals surface area contributed by atoms with Crippen LogP contribution in [0.15, 0.2) is 101 Å². The van der Waals surface area contributed by atoms with E-state index in [0.717, 1.165) is 16.1 Å². The van der Waals surface area contributed by atoms with Crippen LogP contribution in [0.1, 0.15) is 20.8 Å². The molecule has 174 valence electrons. The van der Waals surface area contributed by atoms with Crippen molar-refractivity contribution in [3.8, 4) is 11.5 Å². The lowest BCUT2D eigenvalue weighted by atomic mass is 10.1. The lowest BCUT2D eigenvalue weighted by Gasteiger charge is -2.22. The molecule has 0 spiro atoms. The number of hydroxylamine groups is 2. The summed E-state index contributed by atoms with van der Waals surface area (Å²) in [5.74, 6) is 0.838. The number of phenolic OH excluding ortho intramolecular Hbond substituents is 1. The van der Waals surface area contributed by atoms with Gasteiger partial charge in [-0.15, -0.1) is 23.7 Å². The lowest BCUT2D eigenvalue weighted by molar-refractivity contribution is -0.0323. The average molecular weight is 494 g/mol. The second-order valence-electron chi connectivity index (χ2n) is 7.25. The summed E-state index contributed by atoms with van der Waals surface area (Å²) in [4.78, 5) is 24.3. The van der Waals surface area contributed by atoms with Crippen LogP contribution in [0.4, 0.5) is 5.69 Å². The predicted molar refractivity (Wildman–Crippen MR) is 138 cm³/mol. The molecule has 0 bridgehead atoms. The maximum Gasteiger partial charge on any atom is 0.286 e. The highest BCUT2D eigenvalue weighted by molar-refractivity contribution is 7.12. The highest BCUT2D eigenvalue weighted by Gasteiger charge is 2.18. The second kappa shape index (κ2) is 11.9. The Kier molecular flexibility index (Phi) is 8.67. The van der Waals surface area contributed by atoms with Crippen LogP contribution in [0, 0.1) is 0 Å². The summed E-state index contributed by atoms with van der Waals surface area (Å²) >= 11 is 1.55. The van der Waals surface area contributed by atoms with Gasteiger partial charge in [0.05, 0.1) is 17.1 Å². The van der Waals surface area contributed by atoms with Gasteiger partial charge in [-0.25, -0.2) is 4.99 Å². The zero-order chi connectivity index (χ0) is 23.0. The maximum atomic E-state index is 13.0. The summed E-state index contributed by atoms with van der Waals surface area (Å²) in [6.07, 6.45) is 0.584. The van der Waals surface area contributed by atoms with Crippen LogP contribution in [0.25, 0.3) is 0 Å². The maximum absolute atomic E-state index is 13.0. The summed E-state index contributed by atoms with van der Waals surface area (Å²) in [5.41, 5.74) is 8.39. The highest BCUT2D eigenvalue weighted by atomic mass is 35.5. The van der Waals surface area contributed by atoms with Gasteiger partial charge in [0, 0.05) is 5.56 Å². The van der Waals surface area contributed by atoms with Gasteiger partial charge in [0.1, 0.15) is 11.6 Å². The van der Waals surface area contributed by atoms with Crippen LogP contribution in [0.5, 0.6) is 11.5 Å². The van der Waals surface area contributed by atoms with E-state index >= 15 is 0 Å². The molecule has 8 heteroatoms. The third-order valence-corrected chi connectivity index (χ3v) is 5.76. The van der Waals surface area contributed by atoms with Gasteiger partial charge >= 0.3 is 0 Å². The number of aromatic hydroxyl groups is 1. The number of halogens is 1. The van der Waals surface area contributed by atoms with E-state index in [1.54, 1.807) is 35.6 Å². The summed E-state index contributed by atoms with van der Waals surface area (Å²) in [6, 6.07) is 26.9. The number of carbonyl (C=O) groups is 1. The molecule has 0 fully saturated rings. The van der Waals surface area contributed by atoms with E-state index in [-0.39, 0.29) is 24.1 Å². The first-order valence-electron chi connectivity index (χ1n) is 10.4. The first-order chi connectivity index (χ1) is 16.1. The Morgan fingerprint density at radius 1 is 0.941 bits per heavy atom. The number of hydrogen-bond acceptors (Lipinski definition) is 5. The Hall–Kier alpha value is -3.81. The number of benzene rings is 3. The van der Waals surface area contributed by atoms with Crippen molar-refractivity contribution < 1.29 is 14.7 Å². The third-order valence-electron chi connectivity index (χ3n) is 4.86. The number of carbonyl (C=O) groups excluding carboxylic acids is 1. The molecule has 0 aliphatic heterocycles. The van der Waals surface area contributed by atoms with Crippen molar-refractivity contribution in [3.05, 3.63) is 112 Å². The Balaban J connectivity index is 0.00000324. The van der Waals surface area contributed by atoms with Crippen molar-refractivity contribution in [2.24, 2.45) is 10.7 Å². The monoisotopic (exact) mass is 493 g/mol. The molecule has 0 saturated carbocycles. The lowest BCUT2D eigenvalue weighted by Crippen LogP contribution is -2.36. The molecule has 4 aromatic rings. The van der Waals surface area contributed by atoms with Crippen LogP contribution in [-0.2, 0) is 6.42 Å². The first kappa shape index (κ1) is 24.8. The first-order valence-corrected chi connectivity index (χ1v) is 11.3. The van der Waals surface area contributed by atoms with E-state index in [1.807, 2.05) is 60.0 Å². The fraction of sp³-hybridized carbons (Fsp3) is 0.0769. The number of phenols is 1. The molecule has 1 heterocycles. The van der Waals surface area contributed by atoms with Crippen molar-refractivity contribution in [2.75, 3.05) is 6.54 Å². The number of amidine groups is 1. The van der Waals surface area contributed by atoms with Crippen LogP contribution in [0.2, 0.25) is 0 Å². The molecule has 4 rings (SSSR count). The second-order valence-corrected chi connectivity index (χ2v) is 8.20. The van der Waals surface area contributed by atoms with E-state index < -0.39 is 0 Å². The Bertz CT molecular complexity index is 1210. The van der Waals surface area contributed by atoms with Gasteiger partial charge in [-0.05, 0) is 72.0 Å². The normalized spacial score (nSPS) is 10.9. The van der Waals surface area contributed by atoms with Crippen LogP contribution >= 0.6 is 23.7 Å². The predicted octanol–water partition coefficient (Wildman–Crippen LogP) is 5.59. The Morgan fingerprint density at radius 2 is 1.65 bits per heavy atom. The van der Waals surface area contributed by atoms with Gasteiger partial charge in [0.25, 0.3) is 5.91 Å². The van der Waals surface area contributed by atoms with Gasteiger partial charge < -0.3 is 15.7 Å². The minimum Gasteiger partial charge on any atom is -0.508 e. The van der Waals surface area contributed by atoms with E-state index in [4.69, 9.17) is 10.6 Å². The van der Waals surface area contributed by atoms with Crippen LogP contribution in [-0.4, -0.2) is 28.5 Å². The van der Waals surface area contributed by atoms with E-state index in [1.165, 1.54) is 17.2 Å². The third kappa shape index (κ3) is 6.60. The number of thiophene rings is 1. The molecule has 0 aliphatic rings. The molecular formula is C26H24ClN3O3S. The molecule has 1 aromatic heterocycles. The molecule has 3 aromatic carbocycles. The van der Waals surface area contributed by atoms with E-state index in [0.29, 0.717) is 30.1 Å². The van der Waals surface area contributed by atoms with Crippen LogP contribution in [0.3, 0.4) is 0 Å². The SMILES string of the molecule is Cl.NC(=Nc1ccc(CCN(Oc2ccc(O)cc2)C(=O)c2ccccc2)cc1)c1cccs1. The number of aliphatic imine (C=N–C) groups is 1. The van der Waals surface area contributed by atoms with Gasteiger partial charge in [-0.3, -0.25) is 4.79 Å². The summed E-state index contributed by atoms with van der Waals surface area (Å²) in [6.45, 7) is 0.342. The molecule has 0 aliphatic carbocycles. The summed E-state index contributed by atoms with van der Waals surface area (Å²) < 4.78 is 0. The quantitative estimate of drug-likeness (QED) is 0.190. The smallest absolute Gasteiger partial charge is 0.286 e. The molecule has 3 N–H and O–H groups in total. The molecule has 34 heavy (non-hydrogen) atoms. The zero-order valence-electron chi connectivity index (χ0n) is 18.2. The average Bonchev–Trinajstić information content (AvgIpc) is 3.39.